The van der Waals surface area contributed by atoms with Gasteiger partial charge in [-0.3, -0.25) is 4.79 Å². The van der Waals surface area contributed by atoms with E-state index in [0.717, 1.165) is 25.7 Å². The predicted molar refractivity (Wildman–Crippen MR) is 68.4 cm³/mol. The summed E-state index contributed by atoms with van der Waals surface area (Å²) in [6.45, 7) is 0.648. The third-order valence-electron chi connectivity index (χ3n) is 3.03. The standard InChI is InChI=1S/C13H21N3O2/c14-9-11(10-15-7-4-8-17)13(18)16-12-5-2-1-3-6-12/h10,12,15,17H,1-8H2,(H,16,18)/b11-10-. The number of nitriles is 1. The lowest BCUT2D eigenvalue weighted by atomic mass is 9.95. The number of nitrogens with zero attached hydrogens (tertiary/aromatic N) is 1. The maximum absolute atomic E-state index is 11.8. The van der Waals surface area contributed by atoms with E-state index < -0.39 is 0 Å². The van der Waals surface area contributed by atoms with Crippen molar-refractivity contribution < 1.29 is 9.90 Å². The van der Waals surface area contributed by atoms with Crippen LogP contribution in [0.15, 0.2) is 11.8 Å². The maximum Gasteiger partial charge on any atom is 0.263 e. The zero-order valence-corrected chi connectivity index (χ0v) is 10.6. The van der Waals surface area contributed by atoms with Gasteiger partial charge in [0.25, 0.3) is 5.91 Å². The minimum absolute atomic E-state index is 0.0942. The molecule has 0 aromatic rings. The molecule has 100 valence electrons. The van der Waals surface area contributed by atoms with Crippen LogP contribution < -0.4 is 10.6 Å². The lowest BCUT2D eigenvalue weighted by Gasteiger charge is -2.22. The van der Waals surface area contributed by atoms with Gasteiger partial charge in [-0.1, -0.05) is 19.3 Å². The van der Waals surface area contributed by atoms with E-state index in [2.05, 4.69) is 10.6 Å². The summed E-state index contributed by atoms with van der Waals surface area (Å²) in [4.78, 5) is 11.8. The van der Waals surface area contributed by atoms with E-state index in [4.69, 9.17) is 10.4 Å². The van der Waals surface area contributed by atoms with Gasteiger partial charge in [0.2, 0.25) is 0 Å². The van der Waals surface area contributed by atoms with E-state index in [-0.39, 0.29) is 24.1 Å². The molecule has 0 spiro atoms. The molecule has 1 aliphatic carbocycles. The van der Waals surface area contributed by atoms with Crippen molar-refractivity contribution in [2.75, 3.05) is 13.2 Å². The molecule has 0 saturated heterocycles. The number of hydrogen-bond donors (Lipinski definition) is 3. The molecule has 0 aromatic heterocycles. The predicted octanol–water partition coefficient (Wildman–Crippen LogP) is 0.815. The van der Waals surface area contributed by atoms with Crippen molar-refractivity contribution in [2.45, 2.75) is 44.6 Å². The van der Waals surface area contributed by atoms with Gasteiger partial charge >= 0.3 is 0 Å². The first-order valence-electron chi connectivity index (χ1n) is 6.53. The fourth-order valence-electron chi connectivity index (χ4n) is 2.01. The second kappa shape index (κ2) is 8.54. The SMILES string of the molecule is N#C/C(=C/NCCCO)C(=O)NC1CCCCC1. The topological polar surface area (TPSA) is 85.2 Å². The molecule has 0 aliphatic heterocycles. The van der Waals surface area contributed by atoms with Gasteiger partial charge in [0.15, 0.2) is 0 Å². The normalized spacial score (nSPS) is 17.0. The number of nitrogens with one attached hydrogen (secondary N) is 2. The Kier molecular flexibility index (Phi) is 6.89. The molecule has 18 heavy (non-hydrogen) atoms. The molecule has 1 saturated carbocycles. The van der Waals surface area contributed by atoms with Crippen LogP contribution in [0.4, 0.5) is 0 Å². The van der Waals surface area contributed by atoms with Gasteiger partial charge in [-0.05, 0) is 19.3 Å². The minimum atomic E-state index is -0.305. The van der Waals surface area contributed by atoms with Crippen molar-refractivity contribution in [1.82, 2.24) is 10.6 Å². The van der Waals surface area contributed by atoms with Gasteiger partial charge in [-0.25, -0.2) is 0 Å². The van der Waals surface area contributed by atoms with E-state index in [1.165, 1.54) is 12.6 Å². The fourth-order valence-corrected chi connectivity index (χ4v) is 2.01. The number of aliphatic hydroxyl groups is 1. The first-order valence-corrected chi connectivity index (χ1v) is 6.53. The summed E-state index contributed by atoms with van der Waals surface area (Å²) < 4.78 is 0. The zero-order chi connectivity index (χ0) is 13.2. The van der Waals surface area contributed by atoms with Gasteiger partial charge in [0, 0.05) is 25.4 Å². The highest BCUT2D eigenvalue weighted by Gasteiger charge is 2.17. The lowest BCUT2D eigenvalue weighted by Crippen LogP contribution is -2.37. The van der Waals surface area contributed by atoms with Crippen LogP contribution in [-0.4, -0.2) is 30.2 Å². The van der Waals surface area contributed by atoms with Crippen molar-refractivity contribution >= 4 is 5.91 Å². The third-order valence-corrected chi connectivity index (χ3v) is 3.03. The second-order valence-electron chi connectivity index (χ2n) is 4.51. The molecular formula is C13H21N3O2. The highest BCUT2D eigenvalue weighted by atomic mass is 16.3. The Balaban J connectivity index is 2.38. The van der Waals surface area contributed by atoms with Crippen molar-refractivity contribution in [2.24, 2.45) is 0 Å². The van der Waals surface area contributed by atoms with E-state index in [1.54, 1.807) is 0 Å². The Hall–Kier alpha value is -1.54. The Bertz CT molecular complexity index is 328. The Morgan fingerprint density at radius 3 is 2.72 bits per heavy atom. The number of carbonyl (C=O) groups is 1. The second-order valence-corrected chi connectivity index (χ2v) is 4.51. The quantitative estimate of drug-likeness (QED) is 0.370. The molecule has 1 fully saturated rings. The van der Waals surface area contributed by atoms with Gasteiger partial charge in [0.1, 0.15) is 11.6 Å². The fraction of sp³-hybridized carbons (Fsp3) is 0.692. The average Bonchev–Trinajstić information content (AvgIpc) is 2.40. The molecule has 1 rings (SSSR count). The third kappa shape index (κ3) is 5.19. The number of hydrogen-bond acceptors (Lipinski definition) is 4. The molecule has 0 aromatic carbocycles. The largest absolute Gasteiger partial charge is 0.396 e. The smallest absolute Gasteiger partial charge is 0.263 e. The summed E-state index contributed by atoms with van der Waals surface area (Å²) in [6, 6.07) is 2.10. The van der Waals surface area contributed by atoms with Crippen LogP contribution in [0.2, 0.25) is 0 Å². The molecule has 0 unspecified atom stereocenters. The van der Waals surface area contributed by atoms with Crippen LogP contribution in [0, 0.1) is 11.3 Å². The zero-order valence-electron chi connectivity index (χ0n) is 10.6. The van der Waals surface area contributed by atoms with Crippen molar-refractivity contribution in [1.29, 1.82) is 5.26 Å². The van der Waals surface area contributed by atoms with Crippen LogP contribution in [0.1, 0.15) is 38.5 Å². The lowest BCUT2D eigenvalue weighted by molar-refractivity contribution is -0.118. The number of carbonyl (C=O) groups excluding carboxylic acids is 1. The first kappa shape index (κ1) is 14.5. The van der Waals surface area contributed by atoms with Crippen LogP contribution >= 0.6 is 0 Å². The molecule has 5 nitrogen and oxygen atoms in total. The van der Waals surface area contributed by atoms with E-state index in [1.807, 2.05) is 6.07 Å². The molecule has 0 radical (unpaired) electrons. The molecule has 0 bridgehead atoms. The van der Waals surface area contributed by atoms with Crippen molar-refractivity contribution in [3.63, 3.8) is 0 Å². The van der Waals surface area contributed by atoms with Gasteiger partial charge in [-0.2, -0.15) is 5.26 Å². The first-order chi connectivity index (χ1) is 8.77. The molecule has 1 aliphatic rings. The molecule has 1 amide bonds. The number of rotatable bonds is 6. The Labute approximate surface area is 108 Å². The van der Waals surface area contributed by atoms with Crippen LogP contribution in [-0.2, 0) is 4.79 Å². The summed E-state index contributed by atoms with van der Waals surface area (Å²) in [7, 11) is 0. The minimum Gasteiger partial charge on any atom is -0.396 e. The summed E-state index contributed by atoms with van der Waals surface area (Å²) in [5.74, 6) is -0.305. The van der Waals surface area contributed by atoms with Crippen molar-refractivity contribution in [3.05, 3.63) is 11.8 Å². The highest BCUT2D eigenvalue weighted by Crippen LogP contribution is 2.17. The highest BCUT2D eigenvalue weighted by molar-refractivity contribution is 5.97. The monoisotopic (exact) mass is 251 g/mol. The summed E-state index contributed by atoms with van der Waals surface area (Å²) in [5.41, 5.74) is 0.0958. The molecule has 0 heterocycles. The van der Waals surface area contributed by atoms with Crippen LogP contribution in [0.25, 0.3) is 0 Å². The van der Waals surface area contributed by atoms with Gasteiger partial charge < -0.3 is 15.7 Å². The average molecular weight is 251 g/mol. The van der Waals surface area contributed by atoms with Gasteiger partial charge in [-0.15, -0.1) is 0 Å². The van der Waals surface area contributed by atoms with Gasteiger partial charge in [0.05, 0.1) is 0 Å². The summed E-state index contributed by atoms with van der Waals surface area (Å²) in [5, 5.41) is 23.3. The van der Waals surface area contributed by atoms with Crippen molar-refractivity contribution in [3.8, 4) is 6.07 Å². The van der Waals surface area contributed by atoms with Crippen LogP contribution in [0.5, 0.6) is 0 Å². The molecule has 0 atom stereocenters. The Morgan fingerprint density at radius 1 is 1.39 bits per heavy atom. The van der Waals surface area contributed by atoms with E-state index >= 15 is 0 Å². The van der Waals surface area contributed by atoms with E-state index in [9.17, 15) is 4.79 Å². The summed E-state index contributed by atoms with van der Waals surface area (Å²) >= 11 is 0. The van der Waals surface area contributed by atoms with E-state index in [0.29, 0.717) is 13.0 Å². The molecular weight excluding hydrogens is 230 g/mol. The summed E-state index contributed by atoms with van der Waals surface area (Å²) in [6.07, 6.45) is 7.55. The number of aliphatic hydroxyl groups excluding tert-OH is 1. The maximum atomic E-state index is 11.8. The van der Waals surface area contributed by atoms with Crippen LogP contribution in [0.3, 0.4) is 0 Å². The molecule has 3 N–H and O–H groups in total. The molecule has 5 heteroatoms. The Morgan fingerprint density at radius 2 is 2.11 bits per heavy atom. The number of amides is 1.